The van der Waals surface area contributed by atoms with Crippen LogP contribution >= 0.6 is 0 Å². The summed E-state index contributed by atoms with van der Waals surface area (Å²) in [6, 6.07) is 16.9. The normalized spacial score (nSPS) is 10.7. The lowest BCUT2D eigenvalue weighted by atomic mass is 10.1. The van der Waals surface area contributed by atoms with Crippen LogP contribution in [-0.2, 0) is 0 Å². The molecule has 0 fully saturated rings. The van der Waals surface area contributed by atoms with E-state index in [1.54, 1.807) is 12.1 Å². The van der Waals surface area contributed by atoms with Crippen molar-refractivity contribution in [2.75, 3.05) is 0 Å². The number of benzene rings is 2. The van der Waals surface area contributed by atoms with E-state index in [0.29, 0.717) is 11.3 Å². The smallest absolute Gasteiger partial charge is 0.337 e. The predicted octanol–water partition coefficient (Wildman–Crippen LogP) is 3.33. The molecule has 0 bridgehead atoms. The van der Waals surface area contributed by atoms with Gasteiger partial charge in [0.2, 0.25) is 0 Å². The Bertz CT molecular complexity index is 728. The Hall–Kier alpha value is -2.55. The van der Waals surface area contributed by atoms with Gasteiger partial charge in [0.15, 0.2) is 0 Å². The largest absolute Gasteiger partial charge is 0.478 e. The number of fused-ring (bicyclic) bond motifs is 1. The minimum atomic E-state index is -0.914. The molecular weight excluding hydrogens is 226 g/mol. The molecule has 88 valence electrons. The fraction of sp³-hybridized carbons (Fsp3) is 0. The number of hydrogen-bond donors (Lipinski definition) is 1. The summed E-state index contributed by atoms with van der Waals surface area (Å²) >= 11 is 0. The van der Waals surface area contributed by atoms with E-state index in [-0.39, 0.29) is 0 Å². The quantitative estimate of drug-likeness (QED) is 0.742. The molecule has 3 nitrogen and oxygen atoms in total. The number of carboxylic acid groups (broad SMARTS) is 1. The number of nitrogens with zero attached hydrogens (tertiary/aromatic N) is 1. The molecule has 3 aromatic rings. The van der Waals surface area contributed by atoms with E-state index >= 15 is 0 Å². The Morgan fingerprint density at radius 3 is 2.50 bits per heavy atom. The Morgan fingerprint density at radius 1 is 0.944 bits per heavy atom. The van der Waals surface area contributed by atoms with Gasteiger partial charge in [-0.1, -0.05) is 30.3 Å². The molecule has 2 aromatic carbocycles. The number of rotatable bonds is 2. The molecule has 0 aliphatic heterocycles. The Morgan fingerprint density at radius 2 is 1.67 bits per heavy atom. The number of carbonyl (C=O) groups is 1. The van der Waals surface area contributed by atoms with Crippen LogP contribution in [0.5, 0.6) is 0 Å². The van der Waals surface area contributed by atoms with E-state index < -0.39 is 5.97 Å². The van der Waals surface area contributed by atoms with Gasteiger partial charge in [0, 0.05) is 6.20 Å². The molecular formula is C15H11NO2. The predicted molar refractivity (Wildman–Crippen MR) is 70.2 cm³/mol. The summed E-state index contributed by atoms with van der Waals surface area (Å²) in [5.74, 6) is -0.914. The van der Waals surface area contributed by atoms with Crippen molar-refractivity contribution in [1.29, 1.82) is 0 Å². The molecule has 0 unspecified atom stereocenters. The Labute approximate surface area is 104 Å². The Kier molecular flexibility index (Phi) is 2.38. The van der Waals surface area contributed by atoms with Crippen molar-refractivity contribution in [3.63, 3.8) is 0 Å². The number of para-hydroxylation sites is 2. The third-order valence-electron chi connectivity index (χ3n) is 2.99. The molecule has 0 spiro atoms. The zero-order valence-electron chi connectivity index (χ0n) is 9.58. The van der Waals surface area contributed by atoms with Gasteiger partial charge in [-0.2, -0.15) is 0 Å². The zero-order valence-corrected chi connectivity index (χ0v) is 9.58. The SMILES string of the molecule is O=C(O)c1ccccc1-n1ccc2ccccc21. The highest BCUT2D eigenvalue weighted by atomic mass is 16.4. The van der Waals surface area contributed by atoms with E-state index in [0.717, 1.165) is 10.9 Å². The zero-order chi connectivity index (χ0) is 12.5. The second kappa shape index (κ2) is 4.04. The molecule has 18 heavy (non-hydrogen) atoms. The maximum atomic E-state index is 11.2. The van der Waals surface area contributed by atoms with E-state index in [4.69, 9.17) is 0 Å². The van der Waals surface area contributed by atoms with E-state index in [1.807, 2.05) is 53.2 Å². The summed E-state index contributed by atoms with van der Waals surface area (Å²) in [7, 11) is 0. The topological polar surface area (TPSA) is 42.2 Å². The standard InChI is InChI=1S/C15H11NO2/c17-15(18)12-6-2-4-8-14(12)16-10-9-11-5-1-3-7-13(11)16/h1-10H,(H,17,18). The maximum absolute atomic E-state index is 11.2. The van der Waals surface area contributed by atoms with E-state index in [9.17, 15) is 9.90 Å². The molecule has 0 aliphatic rings. The summed E-state index contributed by atoms with van der Waals surface area (Å²) in [4.78, 5) is 11.2. The van der Waals surface area contributed by atoms with Gasteiger partial charge < -0.3 is 9.67 Å². The summed E-state index contributed by atoms with van der Waals surface area (Å²) in [5.41, 5.74) is 2.00. The van der Waals surface area contributed by atoms with Crippen molar-refractivity contribution < 1.29 is 9.90 Å². The summed E-state index contributed by atoms with van der Waals surface area (Å²) in [6.45, 7) is 0. The number of aromatic carboxylic acids is 1. The summed E-state index contributed by atoms with van der Waals surface area (Å²) in [5, 5.41) is 10.3. The van der Waals surface area contributed by atoms with Gasteiger partial charge >= 0.3 is 5.97 Å². The first-order valence-corrected chi connectivity index (χ1v) is 5.66. The van der Waals surface area contributed by atoms with Crippen LogP contribution < -0.4 is 0 Å². The highest BCUT2D eigenvalue weighted by Gasteiger charge is 2.11. The third kappa shape index (κ3) is 1.57. The van der Waals surface area contributed by atoms with Gasteiger partial charge in [0.05, 0.1) is 16.8 Å². The lowest BCUT2D eigenvalue weighted by Crippen LogP contribution is -2.04. The second-order valence-electron chi connectivity index (χ2n) is 4.07. The molecule has 1 aromatic heterocycles. The van der Waals surface area contributed by atoms with Crippen LogP contribution in [0.4, 0.5) is 0 Å². The fourth-order valence-corrected chi connectivity index (χ4v) is 2.16. The van der Waals surface area contributed by atoms with Crippen LogP contribution in [-0.4, -0.2) is 15.6 Å². The highest BCUT2D eigenvalue weighted by molar-refractivity contribution is 5.93. The van der Waals surface area contributed by atoms with Gasteiger partial charge in [-0.3, -0.25) is 0 Å². The average molecular weight is 237 g/mol. The van der Waals surface area contributed by atoms with E-state index in [1.165, 1.54) is 0 Å². The van der Waals surface area contributed by atoms with E-state index in [2.05, 4.69) is 0 Å². The first kappa shape index (κ1) is 10.6. The first-order valence-electron chi connectivity index (χ1n) is 5.66. The number of aromatic nitrogens is 1. The molecule has 0 radical (unpaired) electrons. The number of carboxylic acids is 1. The van der Waals surface area contributed by atoms with Crippen molar-refractivity contribution in [3.8, 4) is 5.69 Å². The van der Waals surface area contributed by atoms with Crippen LogP contribution in [0, 0.1) is 0 Å². The number of hydrogen-bond acceptors (Lipinski definition) is 1. The van der Waals surface area contributed by atoms with Crippen molar-refractivity contribution in [3.05, 3.63) is 66.4 Å². The molecule has 0 amide bonds. The van der Waals surface area contributed by atoms with Crippen LogP contribution in [0.2, 0.25) is 0 Å². The summed E-state index contributed by atoms with van der Waals surface area (Å²) < 4.78 is 1.90. The van der Waals surface area contributed by atoms with Crippen molar-refractivity contribution in [2.24, 2.45) is 0 Å². The van der Waals surface area contributed by atoms with Crippen molar-refractivity contribution >= 4 is 16.9 Å². The molecule has 1 N–H and O–H groups in total. The highest BCUT2D eigenvalue weighted by Crippen LogP contribution is 2.22. The van der Waals surface area contributed by atoms with Gasteiger partial charge in [0.1, 0.15) is 0 Å². The molecule has 0 saturated heterocycles. The van der Waals surface area contributed by atoms with Crippen LogP contribution in [0.3, 0.4) is 0 Å². The maximum Gasteiger partial charge on any atom is 0.337 e. The van der Waals surface area contributed by atoms with Gasteiger partial charge in [-0.25, -0.2) is 4.79 Å². The molecule has 3 rings (SSSR count). The second-order valence-corrected chi connectivity index (χ2v) is 4.07. The Balaban J connectivity index is 2.30. The van der Waals surface area contributed by atoms with Crippen LogP contribution in [0.25, 0.3) is 16.6 Å². The molecule has 1 heterocycles. The van der Waals surface area contributed by atoms with Gasteiger partial charge in [-0.15, -0.1) is 0 Å². The van der Waals surface area contributed by atoms with Crippen LogP contribution in [0.1, 0.15) is 10.4 Å². The van der Waals surface area contributed by atoms with Crippen molar-refractivity contribution in [1.82, 2.24) is 4.57 Å². The van der Waals surface area contributed by atoms with Crippen LogP contribution in [0.15, 0.2) is 60.8 Å². The lowest BCUT2D eigenvalue weighted by Gasteiger charge is -2.08. The third-order valence-corrected chi connectivity index (χ3v) is 2.99. The first-order chi connectivity index (χ1) is 8.77. The molecule has 0 saturated carbocycles. The fourth-order valence-electron chi connectivity index (χ4n) is 2.16. The average Bonchev–Trinajstić information content (AvgIpc) is 2.82. The minimum Gasteiger partial charge on any atom is -0.478 e. The molecule has 0 aliphatic carbocycles. The summed E-state index contributed by atoms with van der Waals surface area (Å²) in [6.07, 6.45) is 1.90. The van der Waals surface area contributed by atoms with Crippen molar-refractivity contribution in [2.45, 2.75) is 0 Å². The molecule has 3 heteroatoms. The lowest BCUT2D eigenvalue weighted by molar-refractivity contribution is 0.0697. The van der Waals surface area contributed by atoms with Gasteiger partial charge in [0.25, 0.3) is 0 Å². The van der Waals surface area contributed by atoms with Gasteiger partial charge in [-0.05, 0) is 29.7 Å². The monoisotopic (exact) mass is 237 g/mol. The minimum absolute atomic E-state index is 0.304. The molecule has 0 atom stereocenters.